The third-order valence-corrected chi connectivity index (χ3v) is 3.94. The Balaban J connectivity index is 2.82. The lowest BCUT2D eigenvalue weighted by atomic mass is 10.0. The van der Waals surface area contributed by atoms with Crippen LogP contribution in [0.1, 0.15) is 45.0 Å². The highest BCUT2D eigenvalue weighted by Crippen LogP contribution is 2.16. The Labute approximate surface area is 160 Å². The zero-order valence-corrected chi connectivity index (χ0v) is 17.0. The topological polar surface area (TPSA) is 78.5 Å². The van der Waals surface area contributed by atoms with Crippen molar-refractivity contribution in [3.63, 3.8) is 0 Å². The molecule has 144 valence electrons. The van der Waals surface area contributed by atoms with Gasteiger partial charge in [-0.3, -0.25) is 14.4 Å². The molecule has 0 radical (unpaired) electrons. The number of hydrogen-bond donors (Lipinski definition) is 2. The molecular formula is C19H28ClN3O3. The van der Waals surface area contributed by atoms with Gasteiger partial charge in [0.1, 0.15) is 6.04 Å². The minimum Gasteiger partial charge on any atom is -0.350 e. The largest absolute Gasteiger partial charge is 0.350 e. The molecule has 1 aromatic rings. The number of rotatable bonds is 6. The van der Waals surface area contributed by atoms with Crippen molar-refractivity contribution in [2.24, 2.45) is 5.92 Å². The zero-order chi connectivity index (χ0) is 20.1. The van der Waals surface area contributed by atoms with Gasteiger partial charge in [0, 0.05) is 12.6 Å². The lowest BCUT2D eigenvalue weighted by Crippen LogP contribution is -2.53. The molecule has 1 atom stereocenters. The number of nitrogens with zero attached hydrogens (tertiary/aromatic N) is 1. The van der Waals surface area contributed by atoms with Gasteiger partial charge in [0.25, 0.3) is 5.91 Å². The van der Waals surface area contributed by atoms with Gasteiger partial charge in [0.05, 0.1) is 17.1 Å². The van der Waals surface area contributed by atoms with E-state index in [0.717, 1.165) is 0 Å². The van der Waals surface area contributed by atoms with E-state index in [-0.39, 0.29) is 29.8 Å². The highest BCUT2D eigenvalue weighted by atomic mass is 35.5. The van der Waals surface area contributed by atoms with E-state index in [1.54, 1.807) is 31.3 Å². The van der Waals surface area contributed by atoms with Crippen LogP contribution in [0.4, 0.5) is 0 Å². The van der Waals surface area contributed by atoms with Gasteiger partial charge in [0.15, 0.2) is 0 Å². The summed E-state index contributed by atoms with van der Waals surface area (Å²) in [5.74, 6) is -1.16. The van der Waals surface area contributed by atoms with Crippen LogP contribution >= 0.6 is 11.6 Å². The highest BCUT2D eigenvalue weighted by Gasteiger charge is 2.29. The van der Waals surface area contributed by atoms with Crippen LogP contribution in [0.25, 0.3) is 0 Å². The van der Waals surface area contributed by atoms with Crippen LogP contribution < -0.4 is 10.6 Å². The van der Waals surface area contributed by atoms with E-state index >= 15 is 0 Å². The number of amides is 3. The Morgan fingerprint density at radius 2 is 1.73 bits per heavy atom. The van der Waals surface area contributed by atoms with Crippen LogP contribution in [-0.2, 0) is 9.59 Å². The summed E-state index contributed by atoms with van der Waals surface area (Å²) in [5.41, 5.74) is -0.0720. The molecule has 0 spiro atoms. The third kappa shape index (κ3) is 6.67. The normalized spacial score (nSPS) is 12.5. The maximum absolute atomic E-state index is 12.7. The molecule has 2 N–H and O–H groups in total. The number of carbonyl (C=O) groups excluding carboxylic acids is 3. The van der Waals surface area contributed by atoms with Gasteiger partial charge in [-0.05, 0) is 38.8 Å². The van der Waals surface area contributed by atoms with Crippen LogP contribution in [0.15, 0.2) is 24.3 Å². The Morgan fingerprint density at radius 1 is 1.15 bits per heavy atom. The summed E-state index contributed by atoms with van der Waals surface area (Å²) in [7, 11) is 1.54. The second-order valence-corrected chi connectivity index (χ2v) is 8.07. The van der Waals surface area contributed by atoms with Gasteiger partial charge in [0.2, 0.25) is 11.8 Å². The molecule has 7 heteroatoms. The maximum Gasteiger partial charge on any atom is 0.253 e. The Morgan fingerprint density at radius 3 is 2.23 bits per heavy atom. The first-order valence-electron chi connectivity index (χ1n) is 8.53. The van der Waals surface area contributed by atoms with E-state index in [9.17, 15) is 14.4 Å². The molecule has 1 rings (SSSR count). The number of nitrogens with one attached hydrogen (secondary N) is 2. The molecule has 3 amide bonds. The van der Waals surface area contributed by atoms with Gasteiger partial charge in [-0.1, -0.05) is 37.6 Å². The molecular weight excluding hydrogens is 354 g/mol. The van der Waals surface area contributed by atoms with Crippen molar-refractivity contribution in [1.82, 2.24) is 15.5 Å². The fourth-order valence-electron chi connectivity index (χ4n) is 2.37. The summed E-state index contributed by atoms with van der Waals surface area (Å²) in [6.45, 7) is 9.19. The van der Waals surface area contributed by atoms with Crippen LogP contribution in [-0.4, -0.2) is 47.8 Å². The maximum atomic E-state index is 12.7. The fraction of sp³-hybridized carbons (Fsp3) is 0.526. The SMILES string of the molecule is CC(C)C(NC(=O)c1ccccc1Cl)C(=O)N(C)CC(=O)NC(C)(C)C. The first kappa shape index (κ1) is 22.0. The van der Waals surface area contributed by atoms with Gasteiger partial charge >= 0.3 is 0 Å². The van der Waals surface area contributed by atoms with E-state index in [2.05, 4.69) is 10.6 Å². The van der Waals surface area contributed by atoms with Crippen molar-refractivity contribution in [2.75, 3.05) is 13.6 Å². The minimum absolute atomic E-state index is 0.0821. The minimum atomic E-state index is -0.758. The lowest BCUT2D eigenvalue weighted by Gasteiger charge is -2.28. The van der Waals surface area contributed by atoms with Crippen LogP contribution in [0.5, 0.6) is 0 Å². The first-order chi connectivity index (χ1) is 11.9. The van der Waals surface area contributed by atoms with Crippen molar-refractivity contribution in [1.29, 1.82) is 0 Å². The van der Waals surface area contributed by atoms with Crippen molar-refractivity contribution in [3.05, 3.63) is 34.9 Å². The van der Waals surface area contributed by atoms with E-state index in [4.69, 9.17) is 11.6 Å². The summed E-state index contributed by atoms with van der Waals surface area (Å²) in [5, 5.41) is 5.86. The van der Waals surface area contributed by atoms with Gasteiger partial charge < -0.3 is 15.5 Å². The second kappa shape index (κ2) is 9.03. The fourth-order valence-corrected chi connectivity index (χ4v) is 2.59. The number of likely N-dealkylation sites (N-methyl/N-ethyl adjacent to an activating group) is 1. The predicted molar refractivity (Wildman–Crippen MR) is 103 cm³/mol. The van der Waals surface area contributed by atoms with Gasteiger partial charge in [-0.2, -0.15) is 0 Å². The molecule has 0 fully saturated rings. The summed E-state index contributed by atoms with van der Waals surface area (Å²) < 4.78 is 0. The molecule has 1 aromatic carbocycles. The molecule has 0 saturated heterocycles. The summed E-state index contributed by atoms with van der Waals surface area (Å²) >= 11 is 6.05. The summed E-state index contributed by atoms with van der Waals surface area (Å²) in [6, 6.07) is 5.89. The van der Waals surface area contributed by atoms with Crippen molar-refractivity contribution >= 4 is 29.3 Å². The monoisotopic (exact) mass is 381 g/mol. The van der Waals surface area contributed by atoms with E-state index in [0.29, 0.717) is 10.6 Å². The standard InChI is InChI=1S/C19H28ClN3O3/c1-12(2)16(21-17(25)13-9-7-8-10-14(13)20)18(26)23(6)11-15(24)22-19(3,4)5/h7-10,12,16H,11H2,1-6H3,(H,21,25)(H,22,24). The highest BCUT2D eigenvalue weighted by molar-refractivity contribution is 6.33. The van der Waals surface area contributed by atoms with E-state index in [1.807, 2.05) is 34.6 Å². The quantitative estimate of drug-likeness (QED) is 0.794. The van der Waals surface area contributed by atoms with Gasteiger partial charge in [-0.15, -0.1) is 0 Å². The first-order valence-corrected chi connectivity index (χ1v) is 8.91. The molecule has 0 aliphatic rings. The van der Waals surface area contributed by atoms with Crippen LogP contribution in [0, 0.1) is 5.92 Å². The van der Waals surface area contributed by atoms with E-state index in [1.165, 1.54) is 4.90 Å². The smallest absolute Gasteiger partial charge is 0.253 e. The molecule has 0 heterocycles. The summed E-state index contributed by atoms with van der Waals surface area (Å²) in [4.78, 5) is 38.6. The van der Waals surface area contributed by atoms with E-state index < -0.39 is 11.9 Å². The zero-order valence-electron chi connectivity index (χ0n) is 16.2. The third-order valence-electron chi connectivity index (χ3n) is 3.61. The van der Waals surface area contributed by atoms with Crippen molar-refractivity contribution in [3.8, 4) is 0 Å². The van der Waals surface area contributed by atoms with Crippen molar-refractivity contribution < 1.29 is 14.4 Å². The average Bonchev–Trinajstić information content (AvgIpc) is 2.49. The van der Waals surface area contributed by atoms with Crippen LogP contribution in [0.2, 0.25) is 5.02 Å². The summed E-state index contributed by atoms with van der Waals surface area (Å²) in [6.07, 6.45) is 0. The Bertz CT molecular complexity index is 668. The number of carbonyl (C=O) groups is 3. The molecule has 0 aliphatic heterocycles. The van der Waals surface area contributed by atoms with Gasteiger partial charge in [-0.25, -0.2) is 0 Å². The number of hydrogen-bond acceptors (Lipinski definition) is 3. The number of benzene rings is 1. The average molecular weight is 382 g/mol. The molecule has 0 saturated carbocycles. The predicted octanol–water partition coefficient (Wildman–Crippen LogP) is 2.47. The molecule has 26 heavy (non-hydrogen) atoms. The molecule has 1 unspecified atom stereocenters. The second-order valence-electron chi connectivity index (χ2n) is 7.67. The Hall–Kier alpha value is -2.08. The van der Waals surface area contributed by atoms with Crippen LogP contribution in [0.3, 0.4) is 0 Å². The Kier molecular flexibility index (Phi) is 7.63. The molecule has 0 bridgehead atoms. The molecule has 0 aliphatic carbocycles. The lowest BCUT2D eigenvalue weighted by molar-refractivity contribution is -0.137. The number of halogens is 1. The molecule has 6 nitrogen and oxygen atoms in total. The van der Waals surface area contributed by atoms with Crippen molar-refractivity contribution in [2.45, 2.75) is 46.2 Å². The molecule has 0 aromatic heterocycles.